The summed E-state index contributed by atoms with van der Waals surface area (Å²) in [6.07, 6.45) is 0. The van der Waals surface area contributed by atoms with Crippen molar-refractivity contribution in [3.8, 4) is 11.5 Å². The summed E-state index contributed by atoms with van der Waals surface area (Å²) in [5.41, 5.74) is 1.01. The molecule has 1 atom stereocenters. The maximum absolute atomic E-state index is 13.7. The molecular formula is C18H18ClN2O3P. The Morgan fingerprint density at radius 2 is 1.84 bits per heavy atom. The van der Waals surface area contributed by atoms with Crippen molar-refractivity contribution in [1.29, 1.82) is 0 Å². The molecule has 0 saturated carbocycles. The Morgan fingerprint density at radius 1 is 1.16 bits per heavy atom. The van der Waals surface area contributed by atoms with E-state index >= 15 is 0 Å². The van der Waals surface area contributed by atoms with Gasteiger partial charge in [0, 0.05) is 22.9 Å². The molecule has 1 aromatic heterocycles. The minimum atomic E-state index is -3.38. The molecular weight excluding hydrogens is 359 g/mol. The third-order valence-corrected chi connectivity index (χ3v) is 6.33. The molecule has 0 radical (unpaired) electrons. The molecule has 5 nitrogen and oxygen atoms in total. The molecule has 3 rings (SSSR count). The Kier molecular flexibility index (Phi) is 5.28. The largest absolute Gasteiger partial charge is 0.420 e. The first-order chi connectivity index (χ1) is 12.1. The quantitative estimate of drug-likeness (QED) is 0.650. The second-order valence-electron chi connectivity index (χ2n) is 5.23. The lowest BCUT2D eigenvalue weighted by atomic mass is 10.2. The molecule has 130 valence electrons. The first kappa shape index (κ1) is 17.7. The van der Waals surface area contributed by atoms with Gasteiger partial charge in [-0.1, -0.05) is 29.8 Å². The molecule has 1 heterocycles. The average Bonchev–Trinajstić information content (AvgIpc) is 3.08. The highest BCUT2D eigenvalue weighted by atomic mass is 35.5. The molecule has 25 heavy (non-hydrogen) atoms. The maximum Gasteiger partial charge on any atom is 0.284 e. The van der Waals surface area contributed by atoms with Crippen LogP contribution in [-0.2, 0) is 9.09 Å². The Labute approximate surface area is 151 Å². The van der Waals surface area contributed by atoms with Gasteiger partial charge in [-0.3, -0.25) is 4.57 Å². The van der Waals surface area contributed by atoms with Crippen LogP contribution in [-0.4, -0.2) is 18.6 Å². The van der Waals surface area contributed by atoms with E-state index in [0.29, 0.717) is 28.7 Å². The van der Waals surface area contributed by atoms with Crippen LogP contribution in [0.2, 0.25) is 5.02 Å². The van der Waals surface area contributed by atoms with E-state index in [-0.39, 0.29) is 5.44 Å². The fourth-order valence-electron chi connectivity index (χ4n) is 2.45. The molecule has 3 aromatic rings. The zero-order chi connectivity index (χ0) is 17.9. The maximum atomic E-state index is 13.7. The van der Waals surface area contributed by atoms with Crippen LogP contribution in [0.5, 0.6) is 0 Å². The number of rotatable bonds is 6. The summed E-state index contributed by atoms with van der Waals surface area (Å²) in [4.78, 5) is 4.49. The predicted octanol–water partition coefficient (Wildman–Crippen LogP) is 4.30. The average molecular weight is 377 g/mol. The lowest BCUT2D eigenvalue weighted by molar-refractivity contribution is 0.347. The molecule has 0 aliphatic carbocycles. The van der Waals surface area contributed by atoms with Gasteiger partial charge in [-0.25, -0.2) is 4.98 Å². The van der Waals surface area contributed by atoms with Crippen molar-refractivity contribution in [3.63, 3.8) is 0 Å². The standard InChI is InChI=1S/C18H18ClN2O3P/c1-3-23-25(22,15-7-5-4-6-8-15)18-17(20-2)24-16(21-18)13-9-11-14(19)12-10-13/h4-12,20H,3H2,1-2H3. The van der Waals surface area contributed by atoms with Crippen LogP contribution in [0.1, 0.15) is 6.92 Å². The molecule has 0 spiro atoms. The van der Waals surface area contributed by atoms with E-state index in [9.17, 15) is 4.57 Å². The van der Waals surface area contributed by atoms with Crippen molar-refractivity contribution < 1.29 is 13.5 Å². The lowest BCUT2D eigenvalue weighted by Gasteiger charge is -2.16. The highest BCUT2D eigenvalue weighted by Crippen LogP contribution is 2.47. The van der Waals surface area contributed by atoms with Crippen LogP contribution >= 0.6 is 19.0 Å². The predicted molar refractivity (Wildman–Crippen MR) is 101 cm³/mol. The second-order valence-corrected chi connectivity index (χ2v) is 7.97. The van der Waals surface area contributed by atoms with Crippen molar-refractivity contribution in [3.05, 3.63) is 59.6 Å². The Morgan fingerprint density at radius 3 is 2.44 bits per heavy atom. The van der Waals surface area contributed by atoms with Gasteiger partial charge in [0.2, 0.25) is 11.8 Å². The Balaban J connectivity index is 2.14. The zero-order valence-electron chi connectivity index (χ0n) is 13.9. The van der Waals surface area contributed by atoms with Gasteiger partial charge in [0.05, 0.1) is 6.61 Å². The van der Waals surface area contributed by atoms with E-state index in [1.165, 1.54) is 0 Å². The normalized spacial score (nSPS) is 13.4. The van der Waals surface area contributed by atoms with Crippen LogP contribution in [0.25, 0.3) is 11.5 Å². The fourth-order valence-corrected chi connectivity index (χ4v) is 4.67. The molecule has 1 N–H and O–H groups in total. The molecule has 0 fully saturated rings. The van der Waals surface area contributed by atoms with Crippen LogP contribution in [0.15, 0.2) is 59.0 Å². The van der Waals surface area contributed by atoms with Gasteiger partial charge < -0.3 is 14.3 Å². The van der Waals surface area contributed by atoms with Crippen molar-refractivity contribution in [2.24, 2.45) is 0 Å². The number of anilines is 1. The summed E-state index contributed by atoms with van der Waals surface area (Å²) in [7, 11) is -1.69. The van der Waals surface area contributed by atoms with Gasteiger partial charge >= 0.3 is 0 Å². The molecule has 1 unspecified atom stereocenters. The van der Waals surface area contributed by atoms with Gasteiger partial charge in [-0.15, -0.1) is 0 Å². The van der Waals surface area contributed by atoms with E-state index in [1.54, 1.807) is 50.4 Å². The van der Waals surface area contributed by atoms with Crippen LogP contribution in [0.4, 0.5) is 5.88 Å². The summed E-state index contributed by atoms with van der Waals surface area (Å²) >= 11 is 5.93. The summed E-state index contributed by atoms with van der Waals surface area (Å²) in [5.74, 6) is 0.678. The van der Waals surface area contributed by atoms with Gasteiger partial charge in [-0.2, -0.15) is 0 Å². The molecule has 0 aliphatic rings. The van der Waals surface area contributed by atoms with E-state index in [1.807, 2.05) is 18.2 Å². The zero-order valence-corrected chi connectivity index (χ0v) is 15.6. The summed E-state index contributed by atoms with van der Waals surface area (Å²) in [6, 6.07) is 16.1. The molecule has 0 amide bonds. The van der Waals surface area contributed by atoms with Crippen LogP contribution in [0, 0.1) is 0 Å². The highest BCUT2D eigenvalue weighted by Gasteiger charge is 2.35. The Hall–Kier alpha value is -2.07. The van der Waals surface area contributed by atoms with E-state index in [2.05, 4.69) is 10.3 Å². The summed E-state index contributed by atoms with van der Waals surface area (Å²) in [6.45, 7) is 2.09. The van der Waals surface area contributed by atoms with Gasteiger partial charge in [0.1, 0.15) is 0 Å². The molecule has 0 aliphatic heterocycles. The molecule has 0 bridgehead atoms. The monoisotopic (exact) mass is 376 g/mol. The lowest BCUT2D eigenvalue weighted by Crippen LogP contribution is -2.21. The molecule has 2 aromatic carbocycles. The van der Waals surface area contributed by atoms with E-state index in [4.69, 9.17) is 20.5 Å². The number of halogens is 1. The second kappa shape index (κ2) is 7.44. The third-order valence-electron chi connectivity index (χ3n) is 3.61. The summed E-state index contributed by atoms with van der Waals surface area (Å²) in [5, 5.41) is 4.12. The topological polar surface area (TPSA) is 64.4 Å². The third kappa shape index (κ3) is 3.49. The number of benzene rings is 2. The van der Waals surface area contributed by atoms with Crippen molar-refractivity contribution in [2.45, 2.75) is 6.92 Å². The van der Waals surface area contributed by atoms with Gasteiger partial charge in [0.25, 0.3) is 7.37 Å². The highest BCUT2D eigenvalue weighted by molar-refractivity contribution is 7.74. The SMILES string of the molecule is CCOP(=O)(c1ccccc1)c1nc(-c2ccc(Cl)cc2)oc1NC. The molecule has 7 heteroatoms. The Bertz CT molecular complexity index is 894. The number of nitrogens with zero attached hydrogens (tertiary/aromatic N) is 1. The first-order valence-corrected chi connectivity index (χ1v) is 9.84. The van der Waals surface area contributed by atoms with E-state index in [0.717, 1.165) is 5.56 Å². The van der Waals surface area contributed by atoms with Crippen LogP contribution < -0.4 is 16.1 Å². The van der Waals surface area contributed by atoms with Crippen molar-refractivity contribution in [1.82, 2.24) is 4.98 Å². The van der Waals surface area contributed by atoms with Gasteiger partial charge in [-0.05, 0) is 43.3 Å². The number of hydrogen-bond donors (Lipinski definition) is 1. The van der Waals surface area contributed by atoms with Crippen molar-refractivity contribution in [2.75, 3.05) is 19.0 Å². The number of hydrogen-bond acceptors (Lipinski definition) is 5. The first-order valence-electron chi connectivity index (χ1n) is 7.83. The van der Waals surface area contributed by atoms with Crippen LogP contribution in [0.3, 0.4) is 0 Å². The summed E-state index contributed by atoms with van der Waals surface area (Å²) < 4.78 is 25.2. The van der Waals surface area contributed by atoms with Crippen molar-refractivity contribution >= 4 is 35.6 Å². The van der Waals surface area contributed by atoms with Gasteiger partial charge in [0.15, 0.2) is 5.44 Å². The minimum absolute atomic E-state index is 0.271. The number of oxazole rings is 1. The van der Waals surface area contributed by atoms with E-state index < -0.39 is 7.37 Å². The minimum Gasteiger partial charge on any atom is -0.420 e. The number of nitrogens with one attached hydrogen (secondary N) is 1. The molecule has 0 saturated heterocycles. The fraction of sp³-hybridized carbons (Fsp3) is 0.167. The smallest absolute Gasteiger partial charge is 0.284 e. The number of aromatic nitrogens is 1.